The van der Waals surface area contributed by atoms with E-state index in [0.717, 1.165) is 44.5 Å². The highest BCUT2D eigenvalue weighted by Crippen LogP contribution is 2.61. The monoisotopic (exact) mass is 961 g/mol. The summed E-state index contributed by atoms with van der Waals surface area (Å²) in [6, 6.07) is 51.5. The lowest BCUT2D eigenvalue weighted by atomic mass is 9.67. The summed E-state index contributed by atoms with van der Waals surface area (Å²) in [4.78, 5) is 14.7. The zero-order chi connectivity index (χ0) is 50.6. The Hall–Kier alpha value is -10.1. The number of aromatic hydroxyl groups is 10. The third-order valence-corrected chi connectivity index (χ3v) is 13.7. The molecule has 9 aromatic carbocycles. The van der Waals surface area contributed by atoms with Gasteiger partial charge in [-0.3, -0.25) is 0 Å². The van der Waals surface area contributed by atoms with Crippen LogP contribution in [0.25, 0.3) is 89.5 Å². The molecule has 0 spiro atoms. The van der Waals surface area contributed by atoms with E-state index in [1.807, 2.05) is 115 Å². The van der Waals surface area contributed by atoms with Gasteiger partial charge in [0.2, 0.25) is 17.2 Å². The standard InChI is InChI=1S/C58H36BN3O11/c59-42-37(44(64)50(70)51(71)49(42)69)38-43(63)39-40-46(66)47(67)41(48(68)53(40)73-54(39)52(72)45(38)65)57-61-55(29-16-12-15-28(25-29)27-13-4-1-5-14-27)60-56(62-57)30-23-24-34-33-21-10-11-22-35(33)58(36(34)26-30,31-17-6-2-7-18-31)32-19-8-3-9-20-32/h1-26,63-72H. The van der Waals surface area contributed by atoms with E-state index in [2.05, 4.69) is 36.4 Å². The van der Waals surface area contributed by atoms with Crippen molar-refractivity contribution in [3.8, 4) is 125 Å². The Bertz CT molecular complexity index is 4040. The van der Waals surface area contributed by atoms with Crippen molar-refractivity contribution in [2.75, 3.05) is 0 Å². The summed E-state index contributed by atoms with van der Waals surface area (Å²) >= 11 is 0. The third-order valence-electron chi connectivity index (χ3n) is 13.7. The predicted octanol–water partition coefficient (Wildman–Crippen LogP) is 10.3. The minimum atomic E-state index is -1.29. The van der Waals surface area contributed by atoms with Crippen LogP contribution >= 0.6 is 0 Å². The normalized spacial score (nSPS) is 12.5. The van der Waals surface area contributed by atoms with Crippen LogP contribution < -0.4 is 5.46 Å². The van der Waals surface area contributed by atoms with E-state index in [4.69, 9.17) is 27.2 Å². The first-order valence-electron chi connectivity index (χ1n) is 22.6. The largest absolute Gasteiger partial charge is 0.506 e. The number of fused-ring (bicyclic) bond motifs is 6. The summed E-state index contributed by atoms with van der Waals surface area (Å²) in [5.74, 6) is -11.4. The summed E-state index contributed by atoms with van der Waals surface area (Å²) in [5, 5.41) is 111. The Labute approximate surface area is 414 Å². The van der Waals surface area contributed by atoms with E-state index < -0.39 is 107 Å². The van der Waals surface area contributed by atoms with Gasteiger partial charge in [-0.25, -0.2) is 15.0 Å². The van der Waals surface area contributed by atoms with Crippen LogP contribution in [0.3, 0.4) is 0 Å². The molecular formula is C58H36BN3O11. The highest BCUT2D eigenvalue weighted by atomic mass is 16.4. The van der Waals surface area contributed by atoms with Gasteiger partial charge in [-0.2, -0.15) is 0 Å². The fourth-order valence-electron chi connectivity index (χ4n) is 10.4. The van der Waals surface area contributed by atoms with Crippen molar-refractivity contribution in [1.29, 1.82) is 0 Å². The third kappa shape index (κ3) is 6.28. The molecule has 2 heterocycles. The van der Waals surface area contributed by atoms with Crippen molar-refractivity contribution in [3.63, 3.8) is 0 Å². The molecule has 1 aliphatic carbocycles. The molecule has 10 N–H and O–H groups in total. The lowest BCUT2D eigenvalue weighted by molar-refractivity contribution is 0.348. The number of hydrogen-bond donors (Lipinski definition) is 10. The minimum Gasteiger partial charge on any atom is -0.506 e. The molecule has 0 saturated heterocycles. The molecule has 352 valence electrons. The van der Waals surface area contributed by atoms with Gasteiger partial charge in [0, 0.05) is 16.7 Å². The molecule has 1 aliphatic rings. The molecule has 0 bridgehead atoms. The van der Waals surface area contributed by atoms with Crippen LogP contribution in [0.15, 0.2) is 162 Å². The lowest BCUT2D eigenvalue weighted by Gasteiger charge is -2.34. The van der Waals surface area contributed by atoms with Crippen molar-refractivity contribution in [2.24, 2.45) is 0 Å². The Morgan fingerprint density at radius 1 is 0.342 bits per heavy atom. The van der Waals surface area contributed by atoms with E-state index in [9.17, 15) is 51.1 Å². The minimum absolute atomic E-state index is 0.101. The number of furan rings is 1. The first kappa shape index (κ1) is 44.1. The number of aromatic nitrogens is 3. The van der Waals surface area contributed by atoms with Gasteiger partial charge in [0.15, 0.2) is 63.1 Å². The Kier molecular flexibility index (Phi) is 9.79. The van der Waals surface area contributed by atoms with Crippen LogP contribution in [0.2, 0.25) is 0 Å². The summed E-state index contributed by atoms with van der Waals surface area (Å²) in [6.07, 6.45) is 0. The molecule has 0 amide bonds. The maximum absolute atomic E-state index is 12.3. The average Bonchev–Trinajstić information content (AvgIpc) is 3.99. The Morgan fingerprint density at radius 3 is 1.51 bits per heavy atom. The molecule has 73 heavy (non-hydrogen) atoms. The second kappa shape index (κ2) is 16.2. The fraction of sp³-hybridized carbons (Fsp3) is 0.0172. The Balaban J connectivity index is 1.12. The number of nitrogens with zero attached hydrogens (tertiary/aromatic N) is 3. The van der Waals surface area contributed by atoms with Gasteiger partial charge in [-0.1, -0.05) is 146 Å². The number of hydrogen-bond acceptors (Lipinski definition) is 14. The van der Waals surface area contributed by atoms with Crippen LogP contribution in [0.5, 0.6) is 57.5 Å². The zero-order valence-corrected chi connectivity index (χ0v) is 37.8. The molecular weight excluding hydrogens is 925 g/mol. The molecule has 15 heteroatoms. The molecule has 0 fully saturated rings. The van der Waals surface area contributed by atoms with Crippen molar-refractivity contribution >= 4 is 35.2 Å². The lowest BCUT2D eigenvalue weighted by Crippen LogP contribution is -2.28. The van der Waals surface area contributed by atoms with Gasteiger partial charge >= 0.3 is 0 Å². The molecule has 0 aliphatic heterocycles. The quantitative estimate of drug-likeness (QED) is 0.0405. The summed E-state index contributed by atoms with van der Waals surface area (Å²) in [7, 11) is 5.97. The van der Waals surface area contributed by atoms with Crippen molar-refractivity contribution in [2.45, 2.75) is 5.41 Å². The predicted molar refractivity (Wildman–Crippen MR) is 274 cm³/mol. The second-order valence-electron chi connectivity index (χ2n) is 17.6. The zero-order valence-electron chi connectivity index (χ0n) is 37.8. The van der Waals surface area contributed by atoms with Crippen molar-refractivity contribution in [1.82, 2.24) is 15.0 Å². The average molecular weight is 962 g/mol. The van der Waals surface area contributed by atoms with Gasteiger partial charge < -0.3 is 55.5 Å². The molecule has 2 radical (unpaired) electrons. The van der Waals surface area contributed by atoms with Crippen molar-refractivity contribution in [3.05, 3.63) is 180 Å². The number of rotatable bonds is 7. The van der Waals surface area contributed by atoms with E-state index in [0.29, 0.717) is 11.1 Å². The van der Waals surface area contributed by atoms with Gasteiger partial charge in [0.25, 0.3) is 0 Å². The van der Waals surface area contributed by atoms with Crippen LogP contribution in [-0.2, 0) is 5.41 Å². The van der Waals surface area contributed by atoms with Crippen LogP contribution in [0, 0.1) is 0 Å². The molecule has 0 saturated carbocycles. The van der Waals surface area contributed by atoms with Crippen LogP contribution in [-0.4, -0.2) is 73.9 Å². The number of phenolic OH excluding ortho intramolecular Hbond substituents is 10. The number of phenols is 10. The molecule has 11 aromatic rings. The van der Waals surface area contributed by atoms with E-state index >= 15 is 0 Å². The van der Waals surface area contributed by atoms with Gasteiger partial charge in [-0.05, 0) is 62.1 Å². The number of benzene rings is 9. The summed E-state index contributed by atoms with van der Waals surface area (Å²) < 4.78 is 5.88. The maximum atomic E-state index is 12.3. The van der Waals surface area contributed by atoms with Crippen LogP contribution in [0.4, 0.5) is 0 Å². The smallest absolute Gasteiger partial charge is 0.204 e. The summed E-state index contributed by atoms with van der Waals surface area (Å²) in [5.41, 5.74) is 3.48. The fourth-order valence-corrected chi connectivity index (χ4v) is 10.4. The Morgan fingerprint density at radius 2 is 0.836 bits per heavy atom. The molecule has 0 atom stereocenters. The molecule has 14 nitrogen and oxygen atoms in total. The van der Waals surface area contributed by atoms with Crippen LogP contribution in [0.1, 0.15) is 22.3 Å². The first-order chi connectivity index (χ1) is 35.3. The second-order valence-corrected chi connectivity index (χ2v) is 17.6. The van der Waals surface area contributed by atoms with Gasteiger partial charge in [0.05, 0.1) is 21.8 Å². The maximum Gasteiger partial charge on any atom is 0.204 e. The summed E-state index contributed by atoms with van der Waals surface area (Å²) in [6.45, 7) is 0. The topological polar surface area (TPSA) is 254 Å². The van der Waals surface area contributed by atoms with Crippen molar-refractivity contribution < 1.29 is 55.5 Å². The molecule has 12 rings (SSSR count). The molecule has 2 aromatic heterocycles. The highest BCUT2D eigenvalue weighted by molar-refractivity contribution is 6.39. The van der Waals surface area contributed by atoms with E-state index in [-0.39, 0.29) is 17.5 Å². The van der Waals surface area contributed by atoms with E-state index in [1.165, 1.54) is 0 Å². The van der Waals surface area contributed by atoms with Gasteiger partial charge in [0.1, 0.15) is 19.2 Å². The molecule has 0 unspecified atom stereocenters. The first-order valence-corrected chi connectivity index (χ1v) is 22.6. The van der Waals surface area contributed by atoms with Gasteiger partial charge in [-0.15, -0.1) is 0 Å². The van der Waals surface area contributed by atoms with E-state index in [1.54, 1.807) is 6.07 Å². The SMILES string of the molecule is [B]c1c(O)c(O)c(O)c(O)c1-c1c(O)c(O)c2oc3c(O)c(-c4nc(-c5cccc(-c6ccccc6)c5)nc(-c5ccc6c(c5)C(c5ccccc5)(c5ccccc5)c5ccccc5-6)n4)c(O)c(O)c3c2c1O. The highest BCUT2D eigenvalue weighted by Gasteiger charge is 2.46.